The Morgan fingerprint density at radius 1 is 1.38 bits per heavy atom. The third-order valence-electron chi connectivity index (χ3n) is 1.74. The highest BCUT2D eigenvalue weighted by Gasteiger charge is 2.09. The van der Waals surface area contributed by atoms with Crippen LogP contribution in [-0.2, 0) is 0 Å². The van der Waals surface area contributed by atoms with Gasteiger partial charge in [-0.1, -0.05) is 0 Å². The van der Waals surface area contributed by atoms with Gasteiger partial charge in [-0.15, -0.1) is 0 Å². The molecule has 0 atom stereocenters. The summed E-state index contributed by atoms with van der Waals surface area (Å²) >= 11 is 3.29. The van der Waals surface area contributed by atoms with Crippen molar-refractivity contribution in [3.05, 3.63) is 35.3 Å². The van der Waals surface area contributed by atoms with Crippen molar-refractivity contribution >= 4 is 21.7 Å². The summed E-state index contributed by atoms with van der Waals surface area (Å²) in [5.74, 6) is 6.69. The molecule has 0 saturated carbocycles. The predicted octanol–water partition coefficient (Wildman–Crippen LogP) is 1.71. The standard InChI is InChI=1S/C9H8BrN5O/c10-7-8(15-11)13-5-14-9(7)16-6-2-1-3-12-4-6/h1-5H,11H2,(H,13,14,15). The van der Waals surface area contributed by atoms with Crippen LogP contribution in [0.1, 0.15) is 0 Å². The fourth-order valence-electron chi connectivity index (χ4n) is 1.04. The molecule has 0 bridgehead atoms. The molecule has 16 heavy (non-hydrogen) atoms. The SMILES string of the molecule is NNc1ncnc(Oc2cccnc2)c1Br. The van der Waals surface area contributed by atoms with Crippen molar-refractivity contribution in [1.29, 1.82) is 0 Å². The van der Waals surface area contributed by atoms with E-state index in [1.165, 1.54) is 6.33 Å². The lowest BCUT2D eigenvalue weighted by Crippen LogP contribution is -2.09. The van der Waals surface area contributed by atoms with E-state index in [1.54, 1.807) is 24.5 Å². The van der Waals surface area contributed by atoms with Crippen LogP contribution in [0.2, 0.25) is 0 Å². The van der Waals surface area contributed by atoms with Gasteiger partial charge >= 0.3 is 0 Å². The summed E-state index contributed by atoms with van der Waals surface area (Å²) in [5, 5.41) is 0. The zero-order valence-corrected chi connectivity index (χ0v) is 9.68. The number of anilines is 1. The first-order chi connectivity index (χ1) is 7.81. The molecule has 2 aromatic rings. The molecule has 0 spiro atoms. The minimum atomic E-state index is 0.371. The Bertz CT molecular complexity index is 479. The number of nitrogens with two attached hydrogens (primary N) is 1. The highest BCUT2D eigenvalue weighted by molar-refractivity contribution is 9.10. The molecule has 3 N–H and O–H groups in total. The first kappa shape index (κ1) is 10.8. The van der Waals surface area contributed by atoms with E-state index in [9.17, 15) is 0 Å². The fourth-order valence-corrected chi connectivity index (χ4v) is 1.44. The van der Waals surface area contributed by atoms with Gasteiger partial charge in [0.05, 0.1) is 6.20 Å². The van der Waals surface area contributed by atoms with Gasteiger partial charge in [-0.25, -0.2) is 15.8 Å². The van der Waals surface area contributed by atoms with Crippen molar-refractivity contribution in [1.82, 2.24) is 15.0 Å². The molecule has 82 valence electrons. The highest BCUT2D eigenvalue weighted by atomic mass is 79.9. The van der Waals surface area contributed by atoms with Crippen molar-refractivity contribution in [3.63, 3.8) is 0 Å². The summed E-state index contributed by atoms with van der Waals surface area (Å²) in [4.78, 5) is 11.8. The number of nitrogens with zero attached hydrogens (tertiary/aromatic N) is 3. The van der Waals surface area contributed by atoms with E-state index in [0.29, 0.717) is 21.9 Å². The maximum absolute atomic E-state index is 5.50. The first-order valence-electron chi connectivity index (χ1n) is 4.36. The molecule has 6 nitrogen and oxygen atoms in total. The second-order valence-corrected chi connectivity index (χ2v) is 3.57. The lowest BCUT2D eigenvalue weighted by molar-refractivity contribution is 0.456. The number of hydrogen-bond acceptors (Lipinski definition) is 6. The maximum atomic E-state index is 5.50. The smallest absolute Gasteiger partial charge is 0.239 e. The summed E-state index contributed by atoms with van der Waals surface area (Å²) < 4.78 is 6.05. The van der Waals surface area contributed by atoms with Crippen molar-refractivity contribution in [2.45, 2.75) is 0 Å². The Morgan fingerprint density at radius 2 is 2.25 bits per heavy atom. The van der Waals surface area contributed by atoms with Crippen LogP contribution < -0.4 is 16.0 Å². The predicted molar refractivity (Wildman–Crippen MR) is 61.9 cm³/mol. The Hall–Kier alpha value is -1.73. The van der Waals surface area contributed by atoms with Gasteiger partial charge in [-0.2, -0.15) is 0 Å². The number of ether oxygens (including phenoxy) is 1. The van der Waals surface area contributed by atoms with Crippen molar-refractivity contribution in [3.8, 4) is 11.6 Å². The highest BCUT2D eigenvalue weighted by Crippen LogP contribution is 2.30. The van der Waals surface area contributed by atoms with Gasteiger partial charge in [-0.05, 0) is 28.1 Å². The number of hydrazine groups is 1. The Morgan fingerprint density at radius 3 is 2.94 bits per heavy atom. The van der Waals surface area contributed by atoms with Crippen LogP contribution in [-0.4, -0.2) is 15.0 Å². The van der Waals surface area contributed by atoms with Gasteiger partial charge in [-0.3, -0.25) is 4.98 Å². The Balaban J connectivity index is 2.28. The number of aromatic nitrogens is 3. The minimum absolute atomic E-state index is 0.371. The van der Waals surface area contributed by atoms with Gasteiger partial charge in [0.2, 0.25) is 5.88 Å². The van der Waals surface area contributed by atoms with Crippen LogP contribution in [0.3, 0.4) is 0 Å². The van der Waals surface area contributed by atoms with Crippen LogP contribution in [0.15, 0.2) is 35.3 Å². The van der Waals surface area contributed by atoms with Gasteiger partial charge in [0, 0.05) is 6.20 Å². The van der Waals surface area contributed by atoms with Gasteiger partial charge in [0.25, 0.3) is 0 Å². The molecular weight excluding hydrogens is 274 g/mol. The molecule has 2 rings (SSSR count). The quantitative estimate of drug-likeness (QED) is 0.658. The molecular formula is C9H8BrN5O. The van der Waals surface area contributed by atoms with Crippen LogP contribution in [0.5, 0.6) is 11.6 Å². The molecule has 0 fully saturated rings. The molecule has 0 amide bonds. The molecule has 2 aromatic heterocycles. The van der Waals surface area contributed by atoms with E-state index in [4.69, 9.17) is 10.6 Å². The lowest BCUT2D eigenvalue weighted by Gasteiger charge is -2.07. The van der Waals surface area contributed by atoms with Crippen LogP contribution in [0, 0.1) is 0 Å². The van der Waals surface area contributed by atoms with Gasteiger partial charge in [0.1, 0.15) is 16.5 Å². The maximum Gasteiger partial charge on any atom is 0.239 e. The van der Waals surface area contributed by atoms with Gasteiger partial charge < -0.3 is 10.2 Å². The van der Waals surface area contributed by atoms with E-state index >= 15 is 0 Å². The van der Waals surface area contributed by atoms with Gasteiger partial charge in [0.15, 0.2) is 5.82 Å². The number of halogens is 1. The lowest BCUT2D eigenvalue weighted by atomic mass is 10.4. The molecule has 0 aliphatic heterocycles. The number of nitrogens with one attached hydrogen (secondary N) is 1. The molecule has 0 unspecified atom stereocenters. The topological polar surface area (TPSA) is 86.0 Å². The second kappa shape index (κ2) is 4.86. The van der Waals surface area contributed by atoms with E-state index in [1.807, 2.05) is 0 Å². The monoisotopic (exact) mass is 281 g/mol. The largest absolute Gasteiger partial charge is 0.436 e. The second-order valence-electron chi connectivity index (χ2n) is 2.78. The third-order valence-corrected chi connectivity index (χ3v) is 2.46. The summed E-state index contributed by atoms with van der Waals surface area (Å²) in [6, 6.07) is 3.55. The molecule has 7 heteroatoms. The zero-order chi connectivity index (χ0) is 11.4. The van der Waals surface area contributed by atoms with Crippen LogP contribution in [0.4, 0.5) is 5.82 Å². The molecule has 0 aromatic carbocycles. The molecule has 0 aliphatic carbocycles. The Kier molecular flexibility index (Phi) is 3.28. The first-order valence-corrected chi connectivity index (χ1v) is 5.15. The minimum Gasteiger partial charge on any atom is -0.436 e. The van der Waals surface area contributed by atoms with Crippen molar-refractivity contribution in [2.75, 3.05) is 5.43 Å². The van der Waals surface area contributed by atoms with Crippen molar-refractivity contribution < 1.29 is 4.74 Å². The number of rotatable bonds is 3. The summed E-state index contributed by atoms with van der Waals surface area (Å²) in [5.41, 5.74) is 2.43. The average Bonchev–Trinajstić information content (AvgIpc) is 2.33. The van der Waals surface area contributed by atoms with E-state index in [0.717, 1.165) is 0 Å². The molecule has 0 aliphatic rings. The zero-order valence-electron chi connectivity index (χ0n) is 8.09. The van der Waals surface area contributed by atoms with Crippen LogP contribution in [0.25, 0.3) is 0 Å². The van der Waals surface area contributed by atoms with E-state index in [-0.39, 0.29) is 0 Å². The fraction of sp³-hybridized carbons (Fsp3) is 0. The van der Waals surface area contributed by atoms with E-state index in [2.05, 4.69) is 36.3 Å². The van der Waals surface area contributed by atoms with E-state index < -0.39 is 0 Å². The summed E-state index contributed by atoms with van der Waals surface area (Å²) in [6.45, 7) is 0. The number of pyridine rings is 1. The normalized spacial score (nSPS) is 9.88. The molecule has 2 heterocycles. The molecule has 0 radical (unpaired) electrons. The average molecular weight is 282 g/mol. The summed E-state index contributed by atoms with van der Waals surface area (Å²) in [6.07, 6.45) is 4.60. The number of nitrogen functional groups attached to an aromatic ring is 1. The number of hydrogen-bond donors (Lipinski definition) is 2. The van der Waals surface area contributed by atoms with Crippen LogP contribution >= 0.6 is 15.9 Å². The Labute approximate surface area is 100.0 Å². The summed E-state index contributed by atoms with van der Waals surface area (Å²) in [7, 11) is 0. The third kappa shape index (κ3) is 2.26. The molecule has 0 saturated heterocycles. The van der Waals surface area contributed by atoms with Crippen molar-refractivity contribution in [2.24, 2.45) is 5.84 Å².